The number of amides is 3. The van der Waals surface area contributed by atoms with E-state index in [1.165, 1.54) is 25.4 Å². The van der Waals surface area contributed by atoms with Crippen LogP contribution in [0, 0.1) is 0 Å². The predicted molar refractivity (Wildman–Crippen MR) is 93.1 cm³/mol. The minimum atomic E-state index is -1.17. The number of carbonyl (C=O) groups excluding carboxylic acids is 3. The molecule has 2 heterocycles. The summed E-state index contributed by atoms with van der Waals surface area (Å²) in [6, 6.07) is 5.85. The van der Waals surface area contributed by atoms with Gasteiger partial charge in [-0.25, -0.2) is 14.6 Å². The van der Waals surface area contributed by atoms with E-state index >= 15 is 0 Å². The van der Waals surface area contributed by atoms with Crippen molar-refractivity contribution in [2.45, 2.75) is 31.9 Å². The molecule has 9 nitrogen and oxygen atoms in total. The van der Waals surface area contributed by atoms with Crippen LogP contribution < -0.4 is 15.4 Å². The number of nitrogens with one attached hydrogen (secondary N) is 2. The van der Waals surface area contributed by atoms with E-state index in [-0.39, 0.29) is 17.5 Å². The monoisotopic (exact) mass is 370 g/mol. The van der Waals surface area contributed by atoms with E-state index in [1.54, 1.807) is 24.4 Å². The van der Waals surface area contributed by atoms with Gasteiger partial charge in [-0.2, -0.15) is 0 Å². The van der Waals surface area contributed by atoms with Gasteiger partial charge in [-0.15, -0.1) is 0 Å². The van der Waals surface area contributed by atoms with Crippen molar-refractivity contribution in [1.82, 2.24) is 20.6 Å². The van der Waals surface area contributed by atoms with Gasteiger partial charge in [-0.3, -0.25) is 15.1 Å². The smallest absolute Gasteiger partial charge is 0.344 e. The molecule has 0 aromatic carbocycles. The molecule has 0 aliphatic heterocycles. The molecule has 1 saturated carbocycles. The first-order valence-electron chi connectivity index (χ1n) is 8.38. The minimum Gasteiger partial charge on any atom is -0.449 e. The summed E-state index contributed by atoms with van der Waals surface area (Å²) < 4.78 is 10.7. The summed E-state index contributed by atoms with van der Waals surface area (Å²) >= 11 is 0. The van der Waals surface area contributed by atoms with Gasteiger partial charge in [0.05, 0.1) is 6.20 Å². The number of aromatic nitrogens is 2. The number of ether oxygens (including phenoxy) is 2. The molecule has 27 heavy (non-hydrogen) atoms. The van der Waals surface area contributed by atoms with Crippen LogP contribution in [0.3, 0.4) is 0 Å². The van der Waals surface area contributed by atoms with Crippen LogP contribution in [-0.4, -0.2) is 40.0 Å². The molecule has 1 unspecified atom stereocenters. The zero-order valence-electron chi connectivity index (χ0n) is 14.5. The first-order valence-corrected chi connectivity index (χ1v) is 8.38. The summed E-state index contributed by atoms with van der Waals surface area (Å²) in [6.45, 7) is 1.37. The third kappa shape index (κ3) is 5.24. The first kappa shape index (κ1) is 18.3. The highest BCUT2D eigenvalue weighted by atomic mass is 16.6. The van der Waals surface area contributed by atoms with Crippen LogP contribution in [0.5, 0.6) is 11.6 Å². The lowest BCUT2D eigenvalue weighted by Crippen LogP contribution is -2.45. The van der Waals surface area contributed by atoms with Crippen molar-refractivity contribution < 1.29 is 23.9 Å². The Morgan fingerprint density at radius 2 is 1.96 bits per heavy atom. The van der Waals surface area contributed by atoms with Crippen molar-refractivity contribution in [3.05, 3.63) is 48.4 Å². The largest absolute Gasteiger partial charge is 0.449 e. The molecule has 1 fully saturated rings. The highest BCUT2D eigenvalue weighted by molar-refractivity contribution is 5.99. The Bertz CT molecular complexity index is 839. The zero-order chi connectivity index (χ0) is 19.2. The molecule has 140 valence electrons. The number of carbonyl (C=O) groups is 3. The number of hydrogen-bond acceptors (Lipinski definition) is 7. The molecule has 1 aliphatic rings. The van der Waals surface area contributed by atoms with Crippen molar-refractivity contribution >= 4 is 17.9 Å². The molecule has 0 radical (unpaired) electrons. The second-order valence-electron chi connectivity index (χ2n) is 5.93. The quantitative estimate of drug-likeness (QED) is 0.744. The minimum absolute atomic E-state index is 0.0228. The molecule has 2 aromatic rings. The molecule has 3 amide bonds. The molecular weight excluding hydrogens is 352 g/mol. The van der Waals surface area contributed by atoms with Gasteiger partial charge in [-0.05, 0) is 44.0 Å². The van der Waals surface area contributed by atoms with Gasteiger partial charge in [-0.1, -0.05) is 0 Å². The van der Waals surface area contributed by atoms with Gasteiger partial charge < -0.3 is 14.8 Å². The summed E-state index contributed by atoms with van der Waals surface area (Å²) in [4.78, 5) is 43.9. The van der Waals surface area contributed by atoms with Crippen LogP contribution in [0.25, 0.3) is 0 Å². The number of nitrogens with zero attached hydrogens (tertiary/aromatic N) is 2. The zero-order valence-corrected chi connectivity index (χ0v) is 14.5. The number of pyridine rings is 2. The third-order valence-electron chi connectivity index (χ3n) is 3.64. The van der Waals surface area contributed by atoms with E-state index in [2.05, 4.69) is 20.6 Å². The SMILES string of the molecule is CC(OC(=O)c1cccnc1Oc1cccnc1)C(=O)NC(=O)NC1CC1. The first-order chi connectivity index (χ1) is 13.0. The predicted octanol–water partition coefficient (Wildman–Crippen LogP) is 1.80. The normalized spacial score (nSPS) is 14.0. The lowest BCUT2D eigenvalue weighted by molar-refractivity contribution is -0.127. The van der Waals surface area contributed by atoms with Crippen LogP contribution >= 0.6 is 0 Å². The van der Waals surface area contributed by atoms with Crippen molar-refractivity contribution in [2.75, 3.05) is 0 Å². The summed E-state index contributed by atoms with van der Waals surface area (Å²) in [6.07, 6.45) is 5.13. The topological polar surface area (TPSA) is 120 Å². The maximum absolute atomic E-state index is 12.4. The van der Waals surface area contributed by atoms with Gasteiger partial charge in [0.2, 0.25) is 5.88 Å². The van der Waals surface area contributed by atoms with Crippen molar-refractivity contribution in [3.8, 4) is 11.6 Å². The maximum Gasteiger partial charge on any atom is 0.344 e. The standard InChI is InChI=1S/C18H18N4O5/c1-11(15(23)22-18(25)21-12-6-7-12)26-17(24)14-5-3-9-20-16(14)27-13-4-2-8-19-10-13/h2-5,8-12H,6-7H2,1H3,(H2,21,22,23,25). The molecule has 2 N–H and O–H groups in total. The average molecular weight is 370 g/mol. The Hall–Kier alpha value is -3.49. The fourth-order valence-electron chi connectivity index (χ4n) is 2.09. The Labute approximate surface area is 155 Å². The van der Waals surface area contributed by atoms with Gasteiger partial charge >= 0.3 is 12.0 Å². The molecule has 9 heteroatoms. The molecule has 0 spiro atoms. The number of imide groups is 1. The number of esters is 1. The van der Waals surface area contributed by atoms with E-state index in [0.717, 1.165) is 12.8 Å². The van der Waals surface area contributed by atoms with Crippen LogP contribution in [0.2, 0.25) is 0 Å². The van der Waals surface area contributed by atoms with Crippen LogP contribution in [0.4, 0.5) is 4.79 Å². The molecule has 3 rings (SSSR count). The van der Waals surface area contributed by atoms with Gasteiger partial charge in [0.25, 0.3) is 5.91 Å². The number of hydrogen-bond donors (Lipinski definition) is 2. The van der Waals surface area contributed by atoms with E-state index in [0.29, 0.717) is 5.75 Å². The van der Waals surface area contributed by atoms with Gasteiger partial charge in [0.15, 0.2) is 6.10 Å². The van der Waals surface area contributed by atoms with Crippen LogP contribution in [-0.2, 0) is 9.53 Å². The Balaban J connectivity index is 1.61. The van der Waals surface area contributed by atoms with E-state index in [4.69, 9.17) is 9.47 Å². The fraction of sp³-hybridized carbons (Fsp3) is 0.278. The Morgan fingerprint density at radius 3 is 2.67 bits per heavy atom. The molecule has 0 bridgehead atoms. The fourth-order valence-corrected chi connectivity index (χ4v) is 2.09. The maximum atomic E-state index is 12.4. The molecule has 0 saturated heterocycles. The van der Waals surface area contributed by atoms with Crippen molar-refractivity contribution in [2.24, 2.45) is 0 Å². The number of urea groups is 1. The van der Waals surface area contributed by atoms with Gasteiger partial charge in [0.1, 0.15) is 11.3 Å². The van der Waals surface area contributed by atoms with E-state index < -0.39 is 24.0 Å². The Kier molecular flexibility index (Phi) is 5.60. The van der Waals surface area contributed by atoms with Crippen LogP contribution in [0.1, 0.15) is 30.1 Å². The van der Waals surface area contributed by atoms with Crippen LogP contribution in [0.15, 0.2) is 42.9 Å². The summed E-state index contributed by atoms with van der Waals surface area (Å²) in [7, 11) is 0. The van der Waals surface area contributed by atoms with Gasteiger partial charge in [0, 0.05) is 18.4 Å². The second kappa shape index (κ2) is 8.26. The third-order valence-corrected chi connectivity index (χ3v) is 3.64. The second-order valence-corrected chi connectivity index (χ2v) is 5.93. The number of rotatable bonds is 6. The summed E-state index contributed by atoms with van der Waals surface area (Å²) in [5, 5.41) is 4.75. The summed E-state index contributed by atoms with van der Waals surface area (Å²) in [5.74, 6) is -1.10. The molecule has 1 aliphatic carbocycles. The molecule has 1 atom stereocenters. The summed E-state index contributed by atoms with van der Waals surface area (Å²) in [5.41, 5.74) is 0.0448. The highest BCUT2D eigenvalue weighted by Crippen LogP contribution is 2.23. The van der Waals surface area contributed by atoms with E-state index in [9.17, 15) is 14.4 Å². The Morgan fingerprint density at radius 1 is 1.19 bits per heavy atom. The molecular formula is C18H18N4O5. The van der Waals surface area contributed by atoms with Crippen molar-refractivity contribution in [3.63, 3.8) is 0 Å². The van der Waals surface area contributed by atoms with Crippen molar-refractivity contribution in [1.29, 1.82) is 0 Å². The lowest BCUT2D eigenvalue weighted by atomic mass is 10.2. The highest BCUT2D eigenvalue weighted by Gasteiger charge is 2.27. The van der Waals surface area contributed by atoms with E-state index in [1.807, 2.05) is 0 Å². The lowest BCUT2D eigenvalue weighted by Gasteiger charge is -2.14. The molecule has 2 aromatic heterocycles. The average Bonchev–Trinajstić information content (AvgIpc) is 3.46.